The van der Waals surface area contributed by atoms with Gasteiger partial charge in [0.1, 0.15) is 5.65 Å². The summed E-state index contributed by atoms with van der Waals surface area (Å²) in [5.41, 5.74) is 3.76. The quantitative estimate of drug-likeness (QED) is 0.760. The first kappa shape index (κ1) is 12.4. The zero-order chi connectivity index (χ0) is 13.9. The lowest BCUT2D eigenvalue weighted by Crippen LogP contribution is -2.09. The van der Waals surface area contributed by atoms with Gasteiger partial charge in [0, 0.05) is 35.5 Å². The minimum absolute atomic E-state index is 0.0151. The van der Waals surface area contributed by atoms with Crippen molar-refractivity contribution in [2.24, 2.45) is 0 Å². The first-order valence-corrected chi connectivity index (χ1v) is 6.59. The third-order valence-electron chi connectivity index (χ3n) is 3.20. The number of fused-ring (bicyclic) bond motifs is 1. The molecule has 4 nitrogen and oxygen atoms in total. The molecule has 0 saturated heterocycles. The second-order valence-electron chi connectivity index (χ2n) is 4.62. The number of hydrogen-bond acceptors (Lipinski definition) is 2. The van der Waals surface area contributed by atoms with E-state index in [-0.39, 0.29) is 5.91 Å². The largest absolute Gasteiger partial charge is 0.346 e. The number of H-pyrrole nitrogens is 1. The van der Waals surface area contributed by atoms with E-state index in [1.165, 1.54) is 0 Å². The van der Waals surface area contributed by atoms with E-state index >= 15 is 0 Å². The lowest BCUT2D eigenvalue weighted by Gasteiger charge is -2.06. The van der Waals surface area contributed by atoms with Gasteiger partial charge in [0.2, 0.25) is 5.91 Å². The van der Waals surface area contributed by atoms with E-state index < -0.39 is 0 Å². The molecule has 0 fully saturated rings. The Morgan fingerprint density at radius 3 is 3.00 bits per heavy atom. The lowest BCUT2D eigenvalue weighted by molar-refractivity contribution is -0.115. The fraction of sp³-hybridized carbons (Fsp3) is 0.125. The minimum atomic E-state index is 0.0151. The highest BCUT2D eigenvalue weighted by atomic mass is 16.1. The van der Waals surface area contributed by atoms with E-state index in [1.54, 1.807) is 0 Å². The van der Waals surface area contributed by atoms with Gasteiger partial charge in [-0.3, -0.25) is 4.79 Å². The summed E-state index contributed by atoms with van der Waals surface area (Å²) in [6.07, 6.45) is 4.18. The van der Waals surface area contributed by atoms with Gasteiger partial charge in [0.25, 0.3) is 0 Å². The molecule has 0 spiro atoms. The molecule has 0 unspecified atom stereocenters. The van der Waals surface area contributed by atoms with Crippen molar-refractivity contribution in [1.29, 1.82) is 0 Å². The standard InChI is InChI=1S/C16H15N3O/c1-2-15(20)19-14-5-3-4-11(9-14)13-8-12-6-7-17-16(12)18-10-13/h3-10H,2H2,1H3,(H,17,18)(H,19,20). The average molecular weight is 265 g/mol. The number of hydrogen-bond donors (Lipinski definition) is 2. The van der Waals surface area contributed by atoms with Crippen molar-refractivity contribution in [2.75, 3.05) is 5.32 Å². The molecule has 1 aromatic carbocycles. The first-order chi connectivity index (χ1) is 9.76. The summed E-state index contributed by atoms with van der Waals surface area (Å²) in [6.45, 7) is 1.84. The third kappa shape index (κ3) is 2.40. The number of amides is 1. The topological polar surface area (TPSA) is 57.8 Å². The third-order valence-corrected chi connectivity index (χ3v) is 3.20. The number of aromatic amines is 1. The summed E-state index contributed by atoms with van der Waals surface area (Å²) in [6, 6.07) is 11.9. The van der Waals surface area contributed by atoms with E-state index in [0.717, 1.165) is 27.8 Å². The maximum absolute atomic E-state index is 11.4. The Labute approximate surface area is 116 Å². The molecule has 2 aromatic heterocycles. The van der Waals surface area contributed by atoms with Crippen LogP contribution in [0.1, 0.15) is 13.3 Å². The van der Waals surface area contributed by atoms with Gasteiger partial charge in [-0.05, 0) is 29.8 Å². The smallest absolute Gasteiger partial charge is 0.224 e. The number of nitrogens with zero attached hydrogens (tertiary/aromatic N) is 1. The van der Waals surface area contributed by atoms with Gasteiger partial charge in [0.15, 0.2) is 0 Å². The summed E-state index contributed by atoms with van der Waals surface area (Å²) in [7, 11) is 0. The number of benzene rings is 1. The maximum atomic E-state index is 11.4. The molecular formula is C16H15N3O. The molecule has 100 valence electrons. The normalized spacial score (nSPS) is 10.7. The number of carbonyl (C=O) groups is 1. The van der Waals surface area contributed by atoms with E-state index in [2.05, 4.69) is 21.4 Å². The number of aromatic nitrogens is 2. The van der Waals surface area contributed by atoms with Crippen molar-refractivity contribution in [3.05, 3.63) is 48.8 Å². The Balaban J connectivity index is 1.96. The van der Waals surface area contributed by atoms with Crippen LogP contribution in [0.4, 0.5) is 5.69 Å². The second kappa shape index (κ2) is 5.17. The Morgan fingerprint density at radius 1 is 1.25 bits per heavy atom. The van der Waals surface area contributed by atoms with Crippen molar-refractivity contribution in [1.82, 2.24) is 9.97 Å². The molecule has 4 heteroatoms. The summed E-state index contributed by atoms with van der Waals surface area (Å²) >= 11 is 0. The Kier molecular flexibility index (Phi) is 3.21. The van der Waals surface area contributed by atoms with Gasteiger partial charge in [-0.25, -0.2) is 4.98 Å². The van der Waals surface area contributed by atoms with Crippen molar-refractivity contribution < 1.29 is 4.79 Å². The van der Waals surface area contributed by atoms with E-state index in [9.17, 15) is 4.79 Å². The molecule has 0 saturated carbocycles. The molecule has 0 radical (unpaired) electrons. The zero-order valence-electron chi connectivity index (χ0n) is 11.2. The SMILES string of the molecule is CCC(=O)Nc1cccc(-c2cnc3[nH]ccc3c2)c1. The van der Waals surface area contributed by atoms with Crippen LogP contribution < -0.4 is 5.32 Å². The average Bonchev–Trinajstić information content (AvgIpc) is 2.94. The van der Waals surface area contributed by atoms with Crippen LogP contribution in [0.3, 0.4) is 0 Å². The highest BCUT2D eigenvalue weighted by molar-refractivity contribution is 5.91. The molecule has 3 rings (SSSR count). The van der Waals surface area contributed by atoms with Crippen molar-refractivity contribution in [2.45, 2.75) is 13.3 Å². The molecule has 0 aliphatic rings. The summed E-state index contributed by atoms with van der Waals surface area (Å²) in [4.78, 5) is 18.9. The molecule has 2 N–H and O–H groups in total. The van der Waals surface area contributed by atoms with E-state index in [1.807, 2.05) is 49.6 Å². The Hall–Kier alpha value is -2.62. The predicted molar refractivity (Wildman–Crippen MR) is 80.5 cm³/mol. The lowest BCUT2D eigenvalue weighted by atomic mass is 10.1. The van der Waals surface area contributed by atoms with Crippen molar-refractivity contribution >= 4 is 22.6 Å². The Bertz CT molecular complexity index is 761. The van der Waals surface area contributed by atoms with E-state index in [0.29, 0.717) is 6.42 Å². The Morgan fingerprint density at radius 2 is 2.15 bits per heavy atom. The van der Waals surface area contributed by atoms with Crippen LogP contribution in [0.25, 0.3) is 22.2 Å². The molecule has 20 heavy (non-hydrogen) atoms. The fourth-order valence-electron chi connectivity index (χ4n) is 2.12. The second-order valence-corrected chi connectivity index (χ2v) is 4.62. The molecule has 3 aromatic rings. The van der Waals surface area contributed by atoms with Crippen LogP contribution in [-0.4, -0.2) is 15.9 Å². The van der Waals surface area contributed by atoms with Crippen LogP contribution in [0, 0.1) is 0 Å². The summed E-state index contributed by atoms with van der Waals surface area (Å²) in [5.74, 6) is 0.0151. The fourth-order valence-corrected chi connectivity index (χ4v) is 2.12. The molecule has 1 amide bonds. The molecule has 0 atom stereocenters. The van der Waals surface area contributed by atoms with Gasteiger partial charge in [-0.2, -0.15) is 0 Å². The maximum Gasteiger partial charge on any atom is 0.224 e. The number of carbonyl (C=O) groups excluding carboxylic acids is 1. The van der Waals surface area contributed by atoms with Gasteiger partial charge >= 0.3 is 0 Å². The van der Waals surface area contributed by atoms with Gasteiger partial charge in [-0.1, -0.05) is 19.1 Å². The molecule has 0 bridgehead atoms. The highest BCUT2D eigenvalue weighted by Crippen LogP contribution is 2.24. The van der Waals surface area contributed by atoms with Crippen LogP contribution in [0.15, 0.2) is 48.8 Å². The highest BCUT2D eigenvalue weighted by Gasteiger charge is 2.04. The number of rotatable bonds is 3. The molecule has 2 heterocycles. The first-order valence-electron chi connectivity index (χ1n) is 6.59. The zero-order valence-corrected chi connectivity index (χ0v) is 11.2. The molecule has 0 aliphatic carbocycles. The van der Waals surface area contributed by atoms with Gasteiger partial charge in [0.05, 0.1) is 0 Å². The monoisotopic (exact) mass is 265 g/mol. The van der Waals surface area contributed by atoms with Crippen LogP contribution in [0.2, 0.25) is 0 Å². The number of nitrogens with one attached hydrogen (secondary N) is 2. The van der Waals surface area contributed by atoms with Crippen molar-refractivity contribution in [3.8, 4) is 11.1 Å². The van der Waals surface area contributed by atoms with E-state index in [4.69, 9.17) is 0 Å². The number of pyridine rings is 1. The van der Waals surface area contributed by atoms with Crippen LogP contribution in [0.5, 0.6) is 0 Å². The predicted octanol–water partition coefficient (Wildman–Crippen LogP) is 3.58. The minimum Gasteiger partial charge on any atom is -0.346 e. The molecular weight excluding hydrogens is 250 g/mol. The molecule has 0 aliphatic heterocycles. The van der Waals surface area contributed by atoms with Gasteiger partial charge < -0.3 is 10.3 Å². The van der Waals surface area contributed by atoms with Crippen LogP contribution in [-0.2, 0) is 4.79 Å². The summed E-state index contributed by atoms with van der Waals surface area (Å²) < 4.78 is 0. The van der Waals surface area contributed by atoms with Gasteiger partial charge in [-0.15, -0.1) is 0 Å². The number of anilines is 1. The summed E-state index contributed by atoms with van der Waals surface area (Å²) in [5, 5.41) is 3.94. The van der Waals surface area contributed by atoms with Crippen LogP contribution >= 0.6 is 0 Å². The van der Waals surface area contributed by atoms with Crippen molar-refractivity contribution in [3.63, 3.8) is 0 Å².